The van der Waals surface area contributed by atoms with Gasteiger partial charge in [0.2, 0.25) is 0 Å². The van der Waals surface area contributed by atoms with E-state index in [0.717, 1.165) is 0 Å². The van der Waals surface area contributed by atoms with Gasteiger partial charge in [0.25, 0.3) is 0 Å². The zero-order valence-electron chi connectivity index (χ0n) is 7.49. The summed E-state index contributed by atoms with van der Waals surface area (Å²) in [6, 6.07) is 4.74. The number of hydrogen-bond acceptors (Lipinski definition) is 3. The molecule has 0 saturated carbocycles. The van der Waals surface area contributed by atoms with Crippen LogP contribution >= 0.6 is 0 Å². The molecule has 3 nitrogen and oxygen atoms in total. The number of benzene rings is 1. The molecule has 0 radical (unpaired) electrons. The topological polar surface area (TPSA) is 60.2 Å². The van der Waals surface area contributed by atoms with Crippen LogP contribution in [-0.4, -0.2) is 19.1 Å². The van der Waals surface area contributed by atoms with E-state index in [4.69, 9.17) is 5.73 Å². The van der Waals surface area contributed by atoms with Crippen molar-refractivity contribution in [2.45, 2.75) is 0 Å². The number of carbonyl (C=O) groups is 2. The molecule has 1 aromatic carbocycles. The number of aldehydes is 2. The first-order chi connectivity index (χ1) is 6.80. The Labute approximate surface area is 81.9 Å². The van der Waals surface area contributed by atoms with Gasteiger partial charge >= 0.3 is 0 Å². The summed E-state index contributed by atoms with van der Waals surface area (Å²) in [5.41, 5.74) is 6.71. The molecular formula is C11H9NO2. The van der Waals surface area contributed by atoms with E-state index in [1.807, 2.05) is 0 Å². The second-order valence-electron chi connectivity index (χ2n) is 2.63. The van der Waals surface area contributed by atoms with Crippen LogP contribution in [0.25, 0.3) is 0 Å². The van der Waals surface area contributed by atoms with Crippen molar-refractivity contribution in [3.05, 3.63) is 34.9 Å². The molecule has 0 aliphatic carbocycles. The van der Waals surface area contributed by atoms with Crippen LogP contribution in [0.15, 0.2) is 18.2 Å². The van der Waals surface area contributed by atoms with Gasteiger partial charge in [-0.3, -0.25) is 9.59 Å². The minimum atomic E-state index is 0.252. The molecule has 70 valence electrons. The van der Waals surface area contributed by atoms with E-state index in [1.54, 1.807) is 12.1 Å². The van der Waals surface area contributed by atoms with E-state index in [1.165, 1.54) is 6.07 Å². The molecule has 0 amide bonds. The first-order valence-corrected chi connectivity index (χ1v) is 4.04. The van der Waals surface area contributed by atoms with Crippen molar-refractivity contribution in [3.8, 4) is 11.8 Å². The monoisotopic (exact) mass is 187 g/mol. The smallest absolute Gasteiger partial charge is 0.150 e. The Bertz CT molecular complexity index is 387. The van der Waals surface area contributed by atoms with Crippen LogP contribution in [0.5, 0.6) is 0 Å². The van der Waals surface area contributed by atoms with Gasteiger partial charge in [-0.25, -0.2) is 0 Å². The number of hydrogen-bond donors (Lipinski definition) is 1. The lowest BCUT2D eigenvalue weighted by Crippen LogP contribution is -1.94. The average molecular weight is 187 g/mol. The van der Waals surface area contributed by atoms with Crippen LogP contribution in [-0.2, 0) is 0 Å². The van der Waals surface area contributed by atoms with Crippen molar-refractivity contribution in [1.29, 1.82) is 0 Å². The Morgan fingerprint density at radius 3 is 2.14 bits per heavy atom. The third-order valence-electron chi connectivity index (χ3n) is 1.58. The molecule has 0 bridgehead atoms. The maximum absolute atomic E-state index is 10.5. The highest BCUT2D eigenvalue weighted by Crippen LogP contribution is 2.06. The molecule has 0 unspecified atom stereocenters. The molecule has 0 saturated heterocycles. The molecule has 0 atom stereocenters. The summed E-state index contributed by atoms with van der Waals surface area (Å²) in [5, 5.41) is 0. The van der Waals surface area contributed by atoms with Gasteiger partial charge in [-0.15, -0.1) is 0 Å². The maximum Gasteiger partial charge on any atom is 0.150 e. The quantitative estimate of drug-likeness (QED) is 0.545. The van der Waals surface area contributed by atoms with Gasteiger partial charge < -0.3 is 5.73 Å². The molecular weight excluding hydrogens is 178 g/mol. The molecule has 2 N–H and O–H groups in total. The number of nitrogens with two attached hydrogens (primary N) is 1. The SMILES string of the molecule is NCC#Cc1cc(C=O)cc(C=O)c1. The third-order valence-corrected chi connectivity index (χ3v) is 1.58. The van der Waals surface area contributed by atoms with Gasteiger partial charge in [0.15, 0.2) is 0 Å². The van der Waals surface area contributed by atoms with Gasteiger partial charge in [0, 0.05) is 16.7 Å². The van der Waals surface area contributed by atoms with Gasteiger partial charge in [-0.05, 0) is 18.2 Å². The first-order valence-electron chi connectivity index (χ1n) is 4.04. The predicted octanol–water partition coefficient (Wildman–Crippen LogP) is 0.622. The van der Waals surface area contributed by atoms with E-state index in [0.29, 0.717) is 29.3 Å². The average Bonchev–Trinajstić information content (AvgIpc) is 2.25. The Morgan fingerprint density at radius 1 is 1.14 bits per heavy atom. The Morgan fingerprint density at radius 2 is 1.71 bits per heavy atom. The van der Waals surface area contributed by atoms with Crippen molar-refractivity contribution in [2.75, 3.05) is 6.54 Å². The van der Waals surface area contributed by atoms with Crippen LogP contribution in [0.1, 0.15) is 26.3 Å². The molecule has 1 rings (SSSR count). The molecule has 1 aromatic rings. The lowest BCUT2D eigenvalue weighted by molar-refractivity contribution is 0.112. The second kappa shape index (κ2) is 4.95. The van der Waals surface area contributed by atoms with Crippen molar-refractivity contribution >= 4 is 12.6 Å². The molecule has 0 aliphatic heterocycles. The van der Waals surface area contributed by atoms with E-state index < -0.39 is 0 Å². The van der Waals surface area contributed by atoms with Crippen molar-refractivity contribution in [2.24, 2.45) is 5.73 Å². The molecule has 0 heterocycles. The molecule has 0 spiro atoms. The van der Waals surface area contributed by atoms with E-state index in [9.17, 15) is 9.59 Å². The Hall–Kier alpha value is -1.92. The van der Waals surface area contributed by atoms with Crippen molar-refractivity contribution < 1.29 is 9.59 Å². The van der Waals surface area contributed by atoms with Crippen molar-refractivity contribution in [1.82, 2.24) is 0 Å². The Balaban J connectivity index is 3.16. The van der Waals surface area contributed by atoms with E-state index in [2.05, 4.69) is 11.8 Å². The minimum absolute atomic E-state index is 0.252. The summed E-state index contributed by atoms with van der Waals surface area (Å²) in [7, 11) is 0. The fourth-order valence-corrected chi connectivity index (χ4v) is 1.04. The van der Waals surface area contributed by atoms with Gasteiger partial charge in [0.1, 0.15) is 12.6 Å². The van der Waals surface area contributed by atoms with E-state index >= 15 is 0 Å². The van der Waals surface area contributed by atoms with Crippen LogP contribution in [0.3, 0.4) is 0 Å². The zero-order chi connectivity index (χ0) is 10.4. The standard InChI is InChI=1S/C11H9NO2/c12-3-1-2-9-4-10(7-13)6-11(5-9)8-14/h4-8H,3,12H2. The fourth-order valence-electron chi connectivity index (χ4n) is 1.04. The van der Waals surface area contributed by atoms with Crippen molar-refractivity contribution in [3.63, 3.8) is 0 Å². The highest BCUT2D eigenvalue weighted by molar-refractivity contribution is 5.83. The van der Waals surface area contributed by atoms with Gasteiger partial charge in [-0.1, -0.05) is 11.8 Å². The zero-order valence-corrected chi connectivity index (χ0v) is 7.49. The highest BCUT2D eigenvalue weighted by atomic mass is 16.1. The molecule has 14 heavy (non-hydrogen) atoms. The van der Waals surface area contributed by atoms with Crippen LogP contribution in [0.4, 0.5) is 0 Å². The van der Waals surface area contributed by atoms with Crippen LogP contribution in [0, 0.1) is 11.8 Å². The fraction of sp³-hybridized carbons (Fsp3) is 0.0909. The summed E-state index contributed by atoms with van der Waals surface area (Å²) in [6.07, 6.45) is 1.36. The lowest BCUT2D eigenvalue weighted by Gasteiger charge is -1.95. The first kappa shape index (κ1) is 10.2. The summed E-state index contributed by atoms with van der Waals surface area (Å²) in [5.74, 6) is 5.41. The third kappa shape index (κ3) is 2.54. The largest absolute Gasteiger partial charge is 0.320 e. The molecule has 3 heteroatoms. The number of rotatable bonds is 2. The minimum Gasteiger partial charge on any atom is -0.320 e. The van der Waals surface area contributed by atoms with Crippen LogP contribution < -0.4 is 5.73 Å². The van der Waals surface area contributed by atoms with E-state index in [-0.39, 0.29) is 6.54 Å². The van der Waals surface area contributed by atoms with Gasteiger partial charge in [0.05, 0.1) is 6.54 Å². The summed E-state index contributed by atoms with van der Waals surface area (Å²) < 4.78 is 0. The molecule has 0 fully saturated rings. The molecule has 0 aromatic heterocycles. The lowest BCUT2D eigenvalue weighted by atomic mass is 10.1. The summed E-state index contributed by atoms with van der Waals surface area (Å²) in [4.78, 5) is 21.0. The summed E-state index contributed by atoms with van der Waals surface area (Å²) >= 11 is 0. The normalized spacial score (nSPS) is 8.64. The maximum atomic E-state index is 10.5. The van der Waals surface area contributed by atoms with Crippen LogP contribution in [0.2, 0.25) is 0 Å². The second-order valence-corrected chi connectivity index (χ2v) is 2.63. The Kier molecular flexibility index (Phi) is 3.59. The molecule has 0 aliphatic rings. The number of carbonyl (C=O) groups excluding carboxylic acids is 2. The highest BCUT2D eigenvalue weighted by Gasteiger charge is 1.97. The summed E-state index contributed by atoms with van der Waals surface area (Å²) in [6.45, 7) is 0.252. The predicted molar refractivity (Wildman–Crippen MR) is 53.1 cm³/mol. The van der Waals surface area contributed by atoms with Gasteiger partial charge in [-0.2, -0.15) is 0 Å².